The highest BCUT2D eigenvalue weighted by Gasteiger charge is 2.27. The molecule has 0 aromatic heterocycles. The van der Waals surface area contributed by atoms with Crippen molar-refractivity contribution in [3.05, 3.63) is 0 Å². The van der Waals surface area contributed by atoms with Crippen LogP contribution in [0.4, 0.5) is 0 Å². The van der Waals surface area contributed by atoms with Crippen LogP contribution >= 0.6 is 0 Å². The summed E-state index contributed by atoms with van der Waals surface area (Å²) in [6, 6.07) is 0.0149. The summed E-state index contributed by atoms with van der Waals surface area (Å²) >= 11 is 0. The fourth-order valence-electron chi connectivity index (χ4n) is 2.11. The summed E-state index contributed by atoms with van der Waals surface area (Å²) < 4.78 is 5.01. The van der Waals surface area contributed by atoms with Crippen LogP contribution in [0, 0.1) is 0 Å². The summed E-state index contributed by atoms with van der Waals surface area (Å²) in [6.45, 7) is 2.02. The van der Waals surface area contributed by atoms with Crippen LogP contribution in [0.15, 0.2) is 0 Å². The van der Waals surface area contributed by atoms with E-state index in [1.807, 2.05) is 4.90 Å². The lowest BCUT2D eigenvalue weighted by molar-refractivity contribution is -0.126. The smallest absolute Gasteiger partial charge is 0.149 e. The van der Waals surface area contributed by atoms with Crippen molar-refractivity contribution in [1.82, 2.24) is 4.90 Å². The van der Waals surface area contributed by atoms with Gasteiger partial charge in [0, 0.05) is 26.6 Å². The molecule has 1 aliphatic rings. The second-order valence-electron chi connectivity index (χ2n) is 3.98. The lowest BCUT2D eigenvalue weighted by Crippen LogP contribution is -2.45. The zero-order valence-electron chi connectivity index (χ0n) is 9.45. The number of ether oxygens (including phenoxy) is 1. The molecule has 1 atom stereocenters. The number of aliphatic hydroxyl groups excluding tert-OH is 1. The van der Waals surface area contributed by atoms with Gasteiger partial charge in [-0.15, -0.1) is 0 Å². The predicted molar refractivity (Wildman–Crippen MR) is 57.8 cm³/mol. The first-order chi connectivity index (χ1) is 7.29. The Labute approximate surface area is 91.2 Å². The molecule has 1 rings (SSSR count). The summed E-state index contributed by atoms with van der Waals surface area (Å²) in [5.41, 5.74) is 0. The average molecular weight is 215 g/mol. The van der Waals surface area contributed by atoms with E-state index in [1.54, 1.807) is 7.11 Å². The molecule has 4 heteroatoms. The van der Waals surface area contributed by atoms with Crippen molar-refractivity contribution in [2.75, 3.05) is 33.4 Å². The van der Waals surface area contributed by atoms with E-state index in [-0.39, 0.29) is 12.6 Å². The minimum atomic E-state index is 0.0149. The molecule has 0 aromatic carbocycles. The van der Waals surface area contributed by atoms with Gasteiger partial charge in [0.1, 0.15) is 5.78 Å². The lowest BCUT2D eigenvalue weighted by atomic mass is 9.93. The maximum Gasteiger partial charge on any atom is 0.149 e. The third-order valence-corrected chi connectivity index (χ3v) is 2.93. The third-order valence-electron chi connectivity index (χ3n) is 2.93. The fraction of sp³-hybridized carbons (Fsp3) is 0.909. The normalized spacial score (nSPS) is 22.3. The zero-order chi connectivity index (χ0) is 11.1. The SMILES string of the molecule is COCCN(CCO)C1CCCCC1=O. The Morgan fingerprint density at radius 3 is 2.87 bits per heavy atom. The van der Waals surface area contributed by atoms with Gasteiger partial charge >= 0.3 is 0 Å². The molecule has 1 N–H and O–H groups in total. The van der Waals surface area contributed by atoms with E-state index in [4.69, 9.17) is 9.84 Å². The van der Waals surface area contributed by atoms with E-state index >= 15 is 0 Å². The first-order valence-electron chi connectivity index (χ1n) is 5.66. The minimum Gasteiger partial charge on any atom is -0.395 e. The summed E-state index contributed by atoms with van der Waals surface area (Å²) in [6.07, 6.45) is 3.76. The summed E-state index contributed by atoms with van der Waals surface area (Å²) in [7, 11) is 1.65. The minimum absolute atomic E-state index is 0.0149. The van der Waals surface area contributed by atoms with E-state index in [9.17, 15) is 4.79 Å². The molecule has 0 heterocycles. The van der Waals surface area contributed by atoms with Gasteiger partial charge in [0.15, 0.2) is 0 Å². The van der Waals surface area contributed by atoms with Crippen molar-refractivity contribution in [3.63, 3.8) is 0 Å². The second kappa shape index (κ2) is 6.93. The number of aliphatic hydroxyl groups is 1. The number of methoxy groups -OCH3 is 1. The topological polar surface area (TPSA) is 49.8 Å². The molecular formula is C11H21NO3. The van der Waals surface area contributed by atoms with Crippen LogP contribution in [0.5, 0.6) is 0 Å². The third kappa shape index (κ3) is 3.89. The van der Waals surface area contributed by atoms with Gasteiger partial charge in [-0.2, -0.15) is 0 Å². The Kier molecular flexibility index (Phi) is 5.83. The molecule has 4 nitrogen and oxygen atoms in total. The molecule has 0 aromatic rings. The molecule has 0 radical (unpaired) electrons. The Morgan fingerprint density at radius 1 is 1.47 bits per heavy atom. The van der Waals surface area contributed by atoms with Crippen LogP contribution in [0.25, 0.3) is 0 Å². The highest BCUT2D eigenvalue weighted by atomic mass is 16.5. The van der Waals surface area contributed by atoms with E-state index in [1.165, 1.54) is 0 Å². The van der Waals surface area contributed by atoms with Crippen LogP contribution in [0.2, 0.25) is 0 Å². The van der Waals surface area contributed by atoms with E-state index < -0.39 is 0 Å². The van der Waals surface area contributed by atoms with Gasteiger partial charge in [0.05, 0.1) is 19.3 Å². The predicted octanol–water partition coefficient (Wildman–Crippen LogP) is 0.439. The highest BCUT2D eigenvalue weighted by Crippen LogP contribution is 2.19. The van der Waals surface area contributed by atoms with Crippen LogP contribution in [-0.2, 0) is 9.53 Å². The number of rotatable bonds is 6. The van der Waals surface area contributed by atoms with Gasteiger partial charge in [-0.3, -0.25) is 9.69 Å². The second-order valence-corrected chi connectivity index (χ2v) is 3.98. The van der Waals surface area contributed by atoms with E-state index in [2.05, 4.69) is 0 Å². The molecule has 0 saturated heterocycles. The monoisotopic (exact) mass is 215 g/mol. The van der Waals surface area contributed by atoms with Crippen molar-refractivity contribution >= 4 is 5.78 Å². The highest BCUT2D eigenvalue weighted by molar-refractivity contribution is 5.84. The Morgan fingerprint density at radius 2 is 2.27 bits per heavy atom. The number of carbonyl (C=O) groups excluding carboxylic acids is 1. The van der Waals surface area contributed by atoms with Gasteiger partial charge in [-0.25, -0.2) is 0 Å². The maximum atomic E-state index is 11.7. The first-order valence-corrected chi connectivity index (χ1v) is 5.66. The molecule has 0 spiro atoms. The Hall–Kier alpha value is -0.450. The molecule has 1 aliphatic carbocycles. The van der Waals surface area contributed by atoms with E-state index in [0.717, 1.165) is 25.8 Å². The van der Waals surface area contributed by atoms with Gasteiger partial charge in [0.25, 0.3) is 0 Å². The maximum absolute atomic E-state index is 11.7. The summed E-state index contributed by atoms with van der Waals surface area (Å²) in [4.78, 5) is 13.8. The van der Waals surface area contributed by atoms with Crippen LogP contribution in [0.1, 0.15) is 25.7 Å². The molecule has 0 bridgehead atoms. The molecule has 88 valence electrons. The molecular weight excluding hydrogens is 194 g/mol. The quantitative estimate of drug-likeness (QED) is 0.698. The molecule has 1 fully saturated rings. The number of nitrogens with zero attached hydrogens (tertiary/aromatic N) is 1. The lowest BCUT2D eigenvalue weighted by Gasteiger charge is -2.32. The molecule has 1 saturated carbocycles. The molecule has 1 unspecified atom stereocenters. The molecule has 0 amide bonds. The average Bonchev–Trinajstić information content (AvgIpc) is 2.25. The largest absolute Gasteiger partial charge is 0.395 e. The van der Waals surface area contributed by atoms with Gasteiger partial charge in [-0.05, 0) is 12.8 Å². The van der Waals surface area contributed by atoms with Gasteiger partial charge < -0.3 is 9.84 Å². The van der Waals surface area contributed by atoms with Crippen molar-refractivity contribution in [3.8, 4) is 0 Å². The van der Waals surface area contributed by atoms with Crippen LogP contribution < -0.4 is 0 Å². The standard InChI is InChI=1S/C11H21NO3/c1-15-9-7-12(6-8-13)10-4-2-3-5-11(10)14/h10,13H,2-9H2,1H3. The van der Waals surface area contributed by atoms with Crippen LogP contribution in [0.3, 0.4) is 0 Å². The number of ketones is 1. The number of hydrogen-bond donors (Lipinski definition) is 1. The van der Waals surface area contributed by atoms with Crippen molar-refractivity contribution in [1.29, 1.82) is 0 Å². The van der Waals surface area contributed by atoms with Crippen molar-refractivity contribution in [2.45, 2.75) is 31.7 Å². The number of Topliss-reactive ketones (excluding diaryl/α,β-unsaturated/α-hetero) is 1. The number of carbonyl (C=O) groups is 1. The zero-order valence-corrected chi connectivity index (χ0v) is 9.45. The van der Waals surface area contributed by atoms with Gasteiger partial charge in [-0.1, -0.05) is 6.42 Å². The summed E-state index contributed by atoms with van der Waals surface area (Å²) in [5, 5.41) is 8.96. The summed E-state index contributed by atoms with van der Waals surface area (Å²) in [5.74, 6) is 0.325. The van der Waals surface area contributed by atoms with Crippen molar-refractivity contribution in [2.24, 2.45) is 0 Å². The Bertz CT molecular complexity index is 196. The van der Waals surface area contributed by atoms with Crippen LogP contribution in [-0.4, -0.2) is 55.2 Å². The Balaban J connectivity index is 2.47. The molecule has 15 heavy (non-hydrogen) atoms. The van der Waals surface area contributed by atoms with E-state index in [0.29, 0.717) is 25.4 Å². The number of hydrogen-bond acceptors (Lipinski definition) is 4. The fourth-order valence-corrected chi connectivity index (χ4v) is 2.11. The first kappa shape index (κ1) is 12.6. The van der Waals surface area contributed by atoms with Gasteiger partial charge in [0.2, 0.25) is 0 Å². The van der Waals surface area contributed by atoms with Crippen molar-refractivity contribution < 1.29 is 14.6 Å². The molecule has 0 aliphatic heterocycles.